The summed E-state index contributed by atoms with van der Waals surface area (Å²) < 4.78 is 14.1. The lowest BCUT2D eigenvalue weighted by molar-refractivity contribution is -0.383. The largest absolute Gasteiger partial charge is 0.466 e. The van der Waals surface area contributed by atoms with Gasteiger partial charge in [-0.2, -0.15) is 0 Å². The number of rotatable bonds is 7. The fourth-order valence-electron chi connectivity index (χ4n) is 2.92. The number of nitrogens with one attached hydrogen (secondary N) is 1. The second-order valence-corrected chi connectivity index (χ2v) is 6.33. The topological polar surface area (TPSA) is 141 Å². The standard InChI is InChI=1S/C19H24N4O8/c1-4-31-19(26)22-9-7-21(8-10-22)13-5-6-16(23(27)28)14(11-13)20-15(18(25)30-3)12-17(24)29-2/h5-6,11-12,20H,4,7-10H2,1-3H3/b15-12+. The highest BCUT2D eigenvalue weighted by molar-refractivity contribution is 5.99. The lowest BCUT2D eigenvalue weighted by Gasteiger charge is -2.35. The second kappa shape index (κ2) is 10.8. The number of methoxy groups -OCH3 is 2. The van der Waals surface area contributed by atoms with Crippen LogP contribution in [0.1, 0.15) is 6.92 Å². The molecule has 1 saturated heterocycles. The number of piperazine rings is 1. The molecule has 1 aliphatic heterocycles. The monoisotopic (exact) mass is 436 g/mol. The Hall–Kier alpha value is -3.83. The number of benzene rings is 1. The molecular weight excluding hydrogens is 412 g/mol. The highest BCUT2D eigenvalue weighted by Crippen LogP contribution is 2.31. The van der Waals surface area contributed by atoms with E-state index in [1.54, 1.807) is 17.9 Å². The van der Waals surface area contributed by atoms with E-state index >= 15 is 0 Å². The van der Waals surface area contributed by atoms with Gasteiger partial charge in [-0.05, 0) is 19.1 Å². The number of hydrogen-bond acceptors (Lipinski definition) is 10. The molecule has 0 bridgehead atoms. The molecule has 0 unspecified atom stereocenters. The van der Waals surface area contributed by atoms with Crippen molar-refractivity contribution in [2.45, 2.75) is 6.92 Å². The fourth-order valence-corrected chi connectivity index (χ4v) is 2.92. The smallest absolute Gasteiger partial charge is 0.409 e. The molecule has 1 fully saturated rings. The summed E-state index contributed by atoms with van der Waals surface area (Å²) in [5.74, 6) is -1.73. The van der Waals surface area contributed by atoms with Crippen LogP contribution >= 0.6 is 0 Å². The molecule has 0 radical (unpaired) electrons. The van der Waals surface area contributed by atoms with E-state index in [0.29, 0.717) is 31.9 Å². The number of carbonyl (C=O) groups excluding carboxylic acids is 3. The van der Waals surface area contributed by atoms with E-state index in [0.717, 1.165) is 20.3 Å². The van der Waals surface area contributed by atoms with E-state index < -0.39 is 16.9 Å². The van der Waals surface area contributed by atoms with E-state index in [4.69, 9.17) is 4.74 Å². The zero-order valence-electron chi connectivity index (χ0n) is 17.5. The van der Waals surface area contributed by atoms with Crippen molar-refractivity contribution in [1.29, 1.82) is 0 Å². The minimum atomic E-state index is -0.895. The molecule has 168 valence electrons. The van der Waals surface area contributed by atoms with Crippen LogP contribution in [0.3, 0.4) is 0 Å². The van der Waals surface area contributed by atoms with Crippen molar-refractivity contribution in [3.8, 4) is 0 Å². The summed E-state index contributed by atoms with van der Waals surface area (Å²) in [6.45, 7) is 3.84. The van der Waals surface area contributed by atoms with Gasteiger partial charge in [-0.1, -0.05) is 0 Å². The summed E-state index contributed by atoms with van der Waals surface area (Å²) in [7, 11) is 2.25. The van der Waals surface area contributed by atoms with Crippen LogP contribution in [-0.2, 0) is 23.8 Å². The molecule has 1 amide bonds. The molecule has 1 heterocycles. The maximum absolute atomic E-state index is 12.0. The molecular formula is C19H24N4O8. The van der Waals surface area contributed by atoms with Crippen LogP contribution in [0.5, 0.6) is 0 Å². The summed E-state index contributed by atoms with van der Waals surface area (Å²) in [6.07, 6.45) is 0.462. The van der Waals surface area contributed by atoms with Gasteiger partial charge in [0.05, 0.1) is 31.8 Å². The van der Waals surface area contributed by atoms with Crippen LogP contribution < -0.4 is 10.2 Å². The van der Waals surface area contributed by atoms with Crippen molar-refractivity contribution in [3.05, 3.63) is 40.1 Å². The molecule has 1 N–H and O–H groups in total. The van der Waals surface area contributed by atoms with Gasteiger partial charge in [0.25, 0.3) is 5.69 Å². The van der Waals surface area contributed by atoms with Crippen LogP contribution in [0.2, 0.25) is 0 Å². The number of esters is 2. The molecule has 0 aliphatic carbocycles. The third-order valence-corrected chi connectivity index (χ3v) is 4.49. The Balaban J connectivity index is 2.28. The number of ether oxygens (including phenoxy) is 3. The van der Waals surface area contributed by atoms with Crippen LogP contribution in [-0.4, -0.2) is 74.9 Å². The zero-order valence-corrected chi connectivity index (χ0v) is 17.5. The molecule has 12 nitrogen and oxygen atoms in total. The Morgan fingerprint density at radius 3 is 2.39 bits per heavy atom. The van der Waals surface area contributed by atoms with Gasteiger partial charge in [0.1, 0.15) is 11.4 Å². The van der Waals surface area contributed by atoms with Crippen molar-refractivity contribution in [2.75, 3.05) is 57.2 Å². The molecule has 0 spiro atoms. The first-order valence-corrected chi connectivity index (χ1v) is 9.40. The Kier molecular flexibility index (Phi) is 8.17. The van der Waals surface area contributed by atoms with Gasteiger partial charge in [-0.3, -0.25) is 10.1 Å². The minimum Gasteiger partial charge on any atom is -0.466 e. The van der Waals surface area contributed by atoms with Gasteiger partial charge >= 0.3 is 18.0 Å². The third-order valence-electron chi connectivity index (χ3n) is 4.49. The van der Waals surface area contributed by atoms with Crippen LogP contribution in [0.15, 0.2) is 30.0 Å². The summed E-state index contributed by atoms with van der Waals surface area (Å²) in [5, 5.41) is 14.1. The maximum Gasteiger partial charge on any atom is 0.409 e. The highest BCUT2D eigenvalue weighted by Gasteiger charge is 2.25. The Morgan fingerprint density at radius 1 is 1.16 bits per heavy atom. The lowest BCUT2D eigenvalue weighted by atomic mass is 10.2. The fraction of sp³-hybridized carbons (Fsp3) is 0.421. The number of anilines is 2. The molecule has 0 aromatic heterocycles. The SMILES string of the molecule is CCOC(=O)N1CCN(c2ccc([N+](=O)[O-])c(N/C(=C/C(=O)OC)C(=O)OC)c2)CC1. The molecule has 31 heavy (non-hydrogen) atoms. The Labute approximate surface area is 178 Å². The predicted octanol–water partition coefficient (Wildman–Crippen LogP) is 1.52. The second-order valence-electron chi connectivity index (χ2n) is 6.33. The first-order valence-electron chi connectivity index (χ1n) is 9.40. The predicted molar refractivity (Wildman–Crippen MR) is 110 cm³/mol. The molecule has 0 atom stereocenters. The first-order chi connectivity index (χ1) is 14.8. The number of amides is 1. The number of nitro benzene ring substituents is 1. The van der Waals surface area contributed by atoms with E-state index in [-0.39, 0.29) is 29.8 Å². The van der Waals surface area contributed by atoms with E-state index in [9.17, 15) is 24.5 Å². The van der Waals surface area contributed by atoms with Crippen LogP contribution in [0, 0.1) is 10.1 Å². The average Bonchev–Trinajstić information content (AvgIpc) is 2.77. The van der Waals surface area contributed by atoms with E-state index in [2.05, 4.69) is 14.8 Å². The van der Waals surface area contributed by atoms with Gasteiger partial charge < -0.3 is 29.3 Å². The zero-order chi connectivity index (χ0) is 23.0. The van der Waals surface area contributed by atoms with Gasteiger partial charge in [-0.25, -0.2) is 14.4 Å². The molecule has 12 heteroatoms. The number of nitro groups is 1. The van der Waals surface area contributed by atoms with Crippen molar-refractivity contribution in [1.82, 2.24) is 4.90 Å². The highest BCUT2D eigenvalue weighted by atomic mass is 16.6. The quantitative estimate of drug-likeness (QED) is 0.220. The Morgan fingerprint density at radius 2 is 1.84 bits per heavy atom. The summed E-state index contributed by atoms with van der Waals surface area (Å²) in [6, 6.07) is 4.36. The average molecular weight is 436 g/mol. The Bertz CT molecular complexity index is 878. The maximum atomic E-state index is 12.0. The van der Waals surface area contributed by atoms with Gasteiger partial charge in [0.2, 0.25) is 0 Å². The van der Waals surface area contributed by atoms with Crippen LogP contribution in [0.4, 0.5) is 21.9 Å². The van der Waals surface area contributed by atoms with Crippen molar-refractivity contribution >= 4 is 35.1 Å². The van der Waals surface area contributed by atoms with Crippen molar-refractivity contribution in [3.63, 3.8) is 0 Å². The van der Waals surface area contributed by atoms with E-state index in [1.165, 1.54) is 12.1 Å². The summed E-state index contributed by atoms with van der Waals surface area (Å²) in [4.78, 5) is 49.8. The molecule has 2 rings (SSSR count). The van der Waals surface area contributed by atoms with E-state index in [1.807, 2.05) is 4.90 Å². The number of carbonyl (C=O) groups is 3. The minimum absolute atomic E-state index is 0.00382. The van der Waals surface area contributed by atoms with Gasteiger partial charge in [0, 0.05) is 37.9 Å². The lowest BCUT2D eigenvalue weighted by Crippen LogP contribution is -2.49. The van der Waals surface area contributed by atoms with Crippen molar-refractivity contribution in [2.24, 2.45) is 0 Å². The van der Waals surface area contributed by atoms with Gasteiger partial charge in [-0.15, -0.1) is 0 Å². The normalized spacial score (nSPS) is 14.0. The summed E-state index contributed by atoms with van der Waals surface area (Å²) in [5.41, 5.74) is 0.0186. The third kappa shape index (κ3) is 6.07. The van der Waals surface area contributed by atoms with Gasteiger partial charge in [0.15, 0.2) is 0 Å². The number of nitrogens with zero attached hydrogens (tertiary/aromatic N) is 3. The van der Waals surface area contributed by atoms with Crippen molar-refractivity contribution < 1.29 is 33.5 Å². The van der Waals surface area contributed by atoms with Crippen LogP contribution in [0.25, 0.3) is 0 Å². The number of hydrogen-bond donors (Lipinski definition) is 1. The molecule has 0 saturated carbocycles. The molecule has 1 aromatic rings. The summed E-state index contributed by atoms with van der Waals surface area (Å²) >= 11 is 0. The first kappa shape index (κ1) is 23.4. The molecule has 1 aliphatic rings. The molecule has 1 aromatic carbocycles.